The molecule has 0 unspecified atom stereocenters. The number of methoxy groups -OCH3 is 1. The molecule has 0 heterocycles. The van der Waals surface area contributed by atoms with Crippen LogP contribution in [0.3, 0.4) is 0 Å². The zero-order valence-electron chi connectivity index (χ0n) is 10.7. The quantitative estimate of drug-likeness (QED) is 0.206. The van der Waals surface area contributed by atoms with Crippen molar-refractivity contribution in [2.75, 3.05) is 40.7 Å². The molecular weight excluding hydrogens is 283 g/mol. The molecular formula is C9H15O9P. The van der Waals surface area contributed by atoms with Gasteiger partial charge in [-0.2, -0.15) is 0 Å². The Labute approximate surface area is 109 Å². The molecule has 0 aliphatic carbocycles. The molecule has 0 saturated heterocycles. The van der Waals surface area contributed by atoms with Crippen LogP contribution in [0.4, 0.5) is 0 Å². The highest BCUT2D eigenvalue weighted by Gasteiger charge is 2.26. The van der Waals surface area contributed by atoms with E-state index in [2.05, 4.69) is 23.3 Å². The van der Waals surface area contributed by atoms with E-state index in [-0.39, 0.29) is 13.2 Å². The predicted molar refractivity (Wildman–Crippen MR) is 60.4 cm³/mol. The van der Waals surface area contributed by atoms with Crippen molar-refractivity contribution < 1.29 is 42.2 Å². The van der Waals surface area contributed by atoms with Crippen molar-refractivity contribution in [3.8, 4) is 0 Å². The van der Waals surface area contributed by atoms with Crippen LogP contribution in [0.5, 0.6) is 0 Å². The van der Waals surface area contributed by atoms with Gasteiger partial charge in [-0.1, -0.05) is 0 Å². The highest BCUT2D eigenvalue weighted by atomic mass is 31.2. The maximum Gasteiger partial charge on any atom is 0.417 e. The monoisotopic (exact) mass is 298 g/mol. The summed E-state index contributed by atoms with van der Waals surface area (Å²) in [6.07, 6.45) is -0.565. The Morgan fingerprint density at radius 3 is 1.89 bits per heavy atom. The Kier molecular flexibility index (Phi) is 7.97. The molecule has 9 nitrogen and oxygen atoms in total. The lowest BCUT2D eigenvalue weighted by atomic mass is 10.6. The van der Waals surface area contributed by atoms with Crippen molar-refractivity contribution in [1.29, 1.82) is 0 Å². The van der Waals surface area contributed by atoms with Crippen molar-refractivity contribution in [2.24, 2.45) is 0 Å². The third kappa shape index (κ3) is 6.90. The van der Waals surface area contributed by atoms with Crippen molar-refractivity contribution in [1.82, 2.24) is 0 Å². The molecule has 0 spiro atoms. The van der Waals surface area contributed by atoms with Crippen LogP contribution in [0.15, 0.2) is 0 Å². The first kappa shape index (κ1) is 17.6. The fourth-order valence-corrected chi connectivity index (χ4v) is 1.65. The van der Waals surface area contributed by atoms with Gasteiger partial charge < -0.3 is 23.3 Å². The summed E-state index contributed by atoms with van der Waals surface area (Å²) in [7, 11) is -0.188. The number of hydrogen-bond donors (Lipinski definition) is 0. The first-order chi connectivity index (χ1) is 8.88. The average Bonchev–Trinajstić information content (AvgIpc) is 2.42. The molecule has 0 N–H and O–H groups in total. The van der Waals surface area contributed by atoms with E-state index < -0.39 is 31.7 Å². The molecule has 19 heavy (non-hydrogen) atoms. The third-order valence-corrected chi connectivity index (χ3v) is 3.57. The standard InChI is InChI=1S/C9H15O9P/c1-14-8(11)9(12)18-5-4-17-7(10)6-19(13,15-2)16-3/h4-6H2,1-3H3. The van der Waals surface area contributed by atoms with E-state index >= 15 is 0 Å². The molecule has 0 aromatic heterocycles. The average molecular weight is 298 g/mol. The summed E-state index contributed by atoms with van der Waals surface area (Å²) in [5, 5.41) is 0. The SMILES string of the molecule is COC(=O)C(=O)OCCOC(=O)CP(=O)(OC)OC. The van der Waals surface area contributed by atoms with Gasteiger partial charge in [-0.05, 0) is 0 Å². The summed E-state index contributed by atoms with van der Waals surface area (Å²) in [6, 6.07) is 0. The normalized spacial score (nSPS) is 10.7. The van der Waals surface area contributed by atoms with Crippen LogP contribution in [-0.2, 0) is 42.2 Å². The summed E-state index contributed by atoms with van der Waals surface area (Å²) in [4.78, 5) is 32.7. The molecule has 0 bridgehead atoms. The number of rotatable bonds is 7. The van der Waals surface area contributed by atoms with Crippen LogP contribution < -0.4 is 0 Å². The van der Waals surface area contributed by atoms with Gasteiger partial charge in [-0.15, -0.1) is 0 Å². The lowest BCUT2D eigenvalue weighted by molar-refractivity contribution is -0.167. The van der Waals surface area contributed by atoms with E-state index in [4.69, 9.17) is 0 Å². The summed E-state index contributed by atoms with van der Waals surface area (Å²) in [5.41, 5.74) is 0. The second-order valence-corrected chi connectivity index (χ2v) is 5.25. The van der Waals surface area contributed by atoms with Crippen molar-refractivity contribution in [3.05, 3.63) is 0 Å². The fraction of sp³-hybridized carbons (Fsp3) is 0.667. The number of carbonyl (C=O) groups excluding carboxylic acids is 3. The van der Waals surface area contributed by atoms with Gasteiger partial charge in [0.1, 0.15) is 19.4 Å². The molecule has 0 aliphatic heterocycles. The molecule has 0 amide bonds. The van der Waals surface area contributed by atoms with Gasteiger partial charge in [0, 0.05) is 14.2 Å². The first-order valence-electron chi connectivity index (χ1n) is 4.99. The van der Waals surface area contributed by atoms with Crippen LogP contribution in [0, 0.1) is 0 Å². The molecule has 10 heteroatoms. The van der Waals surface area contributed by atoms with Crippen LogP contribution in [-0.4, -0.2) is 58.6 Å². The molecule has 0 aromatic carbocycles. The van der Waals surface area contributed by atoms with E-state index in [9.17, 15) is 18.9 Å². The van der Waals surface area contributed by atoms with Crippen LogP contribution in [0.1, 0.15) is 0 Å². The Morgan fingerprint density at radius 1 is 0.895 bits per heavy atom. The van der Waals surface area contributed by atoms with Gasteiger partial charge in [0.05, 0.1) is 7.11 Å². The first-order valence-corrected chi connectivity index (χ1v) is 6.72. The van der Waals surface area contributed by atoms with E-state index in [0.29, 0.717) is 0 Å². The largest absolute Gasteiger partial charge is 0.462 e. The molecule has 0 radical (unpaired) electrons. The third-order valence-electron chi connectivity index (χ3n) is 1.81. The number of ether oxygens (including phenoxy) is 3. The number of esters is 3. The van der Waals surface area contributed by atoms with Gasteiger partial charge in [-0.3, -0.25) is 9.36 Å². The summed E-state index contributed by atoms with van der Waals surface area (Å²) in [6.45, 7) is -0.626. The summed E-state index contributed by atoms with van der Waals surface area (Å²) in [5.74, 6) is -3.20. The molecule has 0 aliphatic rings. The molecule has 0 rings (SSSR count). The zero-order chi connectivity index (χ0) is 14.9. The highest BCUT2D eigenvalue weighted by molar-refractivity contribution is 7.54. The minimum absolute atomic E-state index is 0.297. The Balaban J connectivity index is 3.91. The number of carbonyl (C=O) groups is 3. The minimum atomic E-state index is -3.48. The zero-order valence-corrected chi connectivity index (χ0v) is 11.6. The van der Waals surface area contributed by atoms with Gasteiger partial charge >= 0.3 is 25.5 Å². The van der Waals surface area contributed by atoms with Crippen LogP contribution >= 0.6 is 7.60 Å². The van der Waals surface area contributed by atoms with E-state index in [1.54, 1.807) is 0 Å². The molecule has 0 aromatic rings. The Bertz CT molecular complexity index is 370. The van der Waals surface area contributed by atoms with Crippen molar-refractivity contribution in [3.63, 3.8) is 0 Å². The molecule has 0 fully saturated rings. The maximum absolute atomic E-state index is 11.5. The Hall–Kier alpha value is -1.44. The second kappa shape index (κ2) is 8.63. The van der Waals surface area contributed by atoms with Gasteiger partial charge in [0.2, 0.25) is 0 Å². The van der Waals surface area contributed by atoms with Gasteiger partial charge in [-0.25, -0.2) is 9.59 Å². The van der Waals surface area contributed by atoms with Gasteiger partial charge in [0.25, 0.3) is 0 Å². The maximum atomic E-state index is 11.5. The second-order valence-electron chi connectivity index (χ2n) is 2.98. The highest BCUT2D eigenvalue weighted by Crippen LogP contribution is 2.45. The van der Waals surface area contributed by atoms with Crippen LogP contribution in [0.2, 0.25) is 0 Å². The lowest BCUT2D eigenvalue weighted by Gasteiger charge is -2.12. The van der Waals surface area contributed by atoms with Crippen LogP contribution in [0.25, 0.3) is 0 Å². The summed E-state index contributed by atoms with van der Waals surface area (Å²) >= 11 is 0. The molecule has 0 atom stereocenters. The lowest BCUT2D eigenvalue weighted by Crippen LogP contribution is -2.22. The van der Waals surface area contributed by atoms with Crippen molar-refractivity contribution in [2.45, 2.75) is 0 Å². The molecule has 0 saturated carbocycles. The van der Waals surface area contributed by atoms with E-state index in [0.717, 1.165) is 21.3 Å². The smallest absolute Gasteiger partial charge is 0.417 e. The van der Waals surface area contributed by atoms with E-state index in [1.807, 2.05) is 0 Å². The topological polar surface area (TPSA) is 114 Å². The van der Waals surface area contributed by atoms with Gasteiger partial charge in [0.15, 0.2) is 0 Å². The molecule has 110 valence electrons. The number of hydrogen-bond acceptors (Lipinski definition) is 9. The minimum Gasteiger partial charge on any atom is -0.462 e. The summed E-state index contributed by atoms with van der Waals surface area (Å²) < 4.78 is 33.7. The van der Waals surface area contributed by atoms with Crippen molar-refractivity contribution >= 4 is 25.5 Å². The predicted octanol–water partition coefficient (Wildman–Crippen LogP) is -0.268. The Morgan fingerprint density at radius 2 is 1.42 bits per heavy atom. The van der Waals surface area contributed by atoms with E-state index in [1.165, 1.54) is 0 Å². The fourth-order valence-electron chi connectivity index (χ4n) is 0.840.